The summed E-state index contributed by atoms with van der Waals surface area (Å²) in [5.41, 5.74) is 1.23. The first-order valence-electron chi connectivity index (χ1n) is 4.99. The Kier molecular flexibility index (Phi) is 3.86. The molecule has 0 amide bonds. The zero-order valence-electron chi connectivity index (χ0n) is 9.01. The second-order valence-corrected chi connectivity index (χ2v) is 4.71. The summed E-state index contributed by atoms with van der Waals surface area (Å²) < 4.78 is 19.5. The van der Waals surface area contributed by atoms with Crippen molar-refractivity contribution in [1.29, 1.82) is 0 Å². The minimum absolute atomic E-state index is 0.267. The van der Waals surface area contributed by atoms with E-state index < -0.39 is 0 Å². The highest BCUT2D eigenvalue weighted by molar-refractivity contribution is 9.10. The molecule has 2 rings (SSSR count). The van der Waals surface area contributed by atoms with Crippen molar-refractivity contribution in [2.24, 2.45) is 0 Å². The quantitative estimate of drug-likeness (QED) is 0.920. The number of halogens is 3. The Labute approximate surface area is 112 Å². The third kappa shape index (κ3) is 2.39. The molecule has 5 heteroatoms. The lowest BCUT2D eigenvalue weighted by Gasteiger charge is -2.16. The molecule has 1 aromatic heterocycles. The van der Waals surface area contributed by atoms with E-state index >= 15 is 0 Å². The van der Waals surface area contributed by atoms with Crippen LogP contribution in [-0.2, 0) is 0 Å². The largest absolute Gasteiger partial charge is 0.453 e. The van der Waals surface area contributed by atoms with Crippen molar-refractivity contribution in [1.82, 2.24) is 5.32 Å². The van der Waals surface area contributed by atoms with Crippen LogP contribution < -0.4 is 5.32 Å². The third-order valence-electron chi connectivity index (χ3n) is 2.54. The Morgan fingerprint density at radius 2 is 2.12 bits per heavy atom. The number of benzene rings is 1. The van der Waals surface area contributed by atoms with E-state index in [2.05, 4.69) is 21.2 Å². The minimum Gasteiger partial charge on any atom is -0.453 e. The van der Waals surface area contributed by atoms with Gasteiger partial charge in [-0.2, -0.15) is 0 Å². The molecule has 0 aliphatic carbocycles. The Bertz CT molecular complexity index is 529. The van der Waals surface area contributed by atoms with Crippen molar-refractivity contribution in [2.75, 3.05) is 7.05 Å². The van der Waals surface area contributed by atoms with Gasteiger partial charge >= 0.3 is 0 Å². The molecule has 0 saturated heterocycles. The van der Waals surface area contributed by atoms with Crippen molar-refractivity contribution in [3.8, 4) is 0 Å². The van der Waals surface area contributed by atoms with E-state index in [0.717, 1.165) is 0 Å². The van der Waals surface area contributed by atoms with Gasteiger partial charge in [0.15, 0.2) is 5.22 Å². The van der Waals surface area contributed by atoms with Crippen LogP contribution in [0.5, 0.6) is 0 Å². The van der Waals surface area contributed by atoms with E-state index in [-0.39, 0.29) is 17.1 Å². The van der Waals surface area contributed by atoms with E-state index in [9.17, 15) is 4.39 Å². The average Bonchev–Trinajstić information content (AvgIpc) is 2.72. The van der Waals surface area contributed by atoms with Crippen LogP contribution >= 0.6 is 27.5 Å². The lowest BCUT2D eigenvalue weighted by molar-refractivity contribution is 0.548. The number of nitrogens with one attached hydrogen (secondary N) is 1. The summed E-state index contributed by atoms with van der Waals surface area (Å²) in [6, 6.07) is 6.54. The molecule has 1 aromatic carbocycles. The van der Waals surface area contributed by atoms with Crippen LogP contribution in [0.4, 0.5) is 4.39 Å². The van der Waals surface area contributed by atoms with Gasteiger partial charge in [0.25, 0.3) is 0 Å². The molecule has 0 spiro atoms. The smallest absolute Gasteiger partial charge is 0.198 e. The molecule has 90 valence electrons. The van der Waals surface area contributed by atoms with Gasteiger partial charge in [-0.1, -0.05) is 12.1 Å². The Morgan fingerprint density at radius 3 is 2.71 bits per heavy atom. The number of hydrogen-bond donors (Lipinski definition) is 1. The van der Waals surface area contributed by atoms with Crippen LogP contribution in [-0.4, -0.2) is 7.05 Å². The summed E-state index contributed by atoms with van der Waals surface area (Å²) in [7, 11) is 1.74. The highest BCUT2D eigenvalue weighted by Crippen LogP contribution is 2.32. The van der Waals surface area contributed by atoms with Crippen LogP contribution in [0.3, 0.4) is 0 Å². The summed E-state index contributed by atoms with van der Waals surface area (Å²) in [4.78, 5) is 0. The van der Waals surface area contributed by atoms with Gasteiger partial charge in [0, 0.05) is 11.1 Å². The van der Waals surface area contributed by atoms with E-state index in [1.165, 1.54) is 6.26 Å². The van der Waals surface area contributed by atoms with Gasteiger partial charge in [0.05, 0.1) is 16.8 Å². The maximum atomic E-state index is 14.0. The van der Waals surface area contributed by atoms with Crippen LogP contribution in [0, 0.1) is 5.82 Å². The molecule has 0 bridgehead atoms. The molecule has 1 heterocycles. The summed E-state index contributed by atoms with van der Waals surface area (Å²) in [5.74, 6) is -0.302. The van der Waals surface area contributed by atoms with E-state index in [4.69, 9.17) is 16.0 Å². The van der Waals surface area contributed by atoms with E-state index in [0.29, 0.717) is 15.6 Å². The molecule has 17 heavy (non-hydrogen) atoms. The summed E-state index contributed by atoms with van der Waals surface area (Å²) in [5, 5.41) is 3.29. The monoisotopic (exact) mass is 317 g/mol. The van der Waals surface area contributed by atoms with Gasteiger partial charge < -0.3 is 9.73 Å². The lowest BCUT2D eigenvalue weighted by Crippen LogP contribution is -2.18. The highest BCUT2D eigenvalue weighted by Gasteiger charge is 2.21. The highest BCUT2D eigenvalue weighted by atomic mass is 79.9. The van der Waals surface area contributed by atoms with Crippen LogP contribution in [0.1, 0.15) is 17.2 Å². The summed E-state index contributed by atoms with van der Waals surface area (Å²) in [6.07, 6.45) is 1.48. The first-order chi connectivity index (χ1) is 8.15. The second-order valence-electron chi connectivity index (χ2n) is 3.51. The molecule has 1 N–H and O–H groups in total. The van der Waals surface area contributed by atoms with Gasteiger partial charge in [0.1, 0.15) is 5.82 Å². The Balaban J connectivity index is 2.50. The fourth-order valence-corrected chi connectivity index (χ4v) is 2.34. The zero-order valence-corrected chi connectivity index (χ0v) is 11.3. The molecule has 0 fully saturated rings. The van der Waals surface area contributed by atoms with Crippen molar-refractivity contribution in [2.45, 2.75) is 6.04 Å². The van der Waals surface area contributed by atoms with Gasteiger partial charge in [-0.3, -0.25) is 0 Å². The Morgan fingerprint density at radius 1 is 1.35 bits per heavy atom. The predicted molar refractivity (Wildman–Crippen MR) is 68.7 cm³/mol. The van der Waals surface area contributed by atoms with Crippen molar-refractivity contribution >= 4 is 27.5 Å². The maximum absolute atomic E-state index is 14.0. The normalized spacial score (nSPS) is 12.7. The molecule has 2 aromatic rings. The first kappa shape index (κ1) is 12.6. The fraction of sp³-hybridized carbons (Fsp3) is 0.167. The van der Waals surface area contributed by atoms with Gasteiger partial charge in [-0.25, -0.2) is 4.39 Å². The number of rotatable bonds is 3. The van der Waals surface area contributed by atoms with Gasteiger partial charge in [0.2, 0.25) is 0 Å². The summed E-state index contributed by atoms with van der Waals surface area (Å²) in [6.45, 7) is 0. The number of furan rings is 1. The van der Waals surface area contributed by atoms with E-state index in [1.54, 1.807) is 31.3 Å². The predicted octanol–water partition coefficient (Wildman–Crippen LogP) is 4.14. The molecule has 2 nitrogen and oxygen atoms in total. The van der Waals surface area contributed by atoms with Crippen molar-refractivity contribution in [3.63, 3.8) is 0 Å². The van der Waals surface area contributed by atoms with Crippen molar-refractivity contribution in [3.05, 3.63) is 57.2 Å². The second kappa shape index (κ2) is 5.21. The molecule has 1 unspecified atom stereocenters. The number of hydrogen-bond acceptors (Lipinski definition) is 2. The zero-order chi connectivity index (χ0) is 12.4. The molecule has 1 atom stereocenters. The van der Waals surface area contributed by atoms with Crippen LogP contribution in [0.25, 0.3) is 0 Å². The molecule has 0 aliphatic rings. The van der Waals surface area contributed by atoms with E-state index in [1.807, 2.05) is 0 Å². The fourth-order valence-electron chi connectivity index (χ4n) is 1.73. The SMILES string of the molecule is CNC(c1ccoc1Cl)c1cccc(Br)c1F. The lowest BCUT2D eigenvalue weighted by atomic mass is 10.0. The molecular formula is C12H10BrClFNO. The molecule has 0 aliphatic heterocycles. The third-order valence-corrected chi connectivity index (χ3v) is 3.46. The Hall–Kier alpha value is -0.840. The molecule has 0 saturated carbocycles. The van der Waals surface area contributed by atoms with Crippen LogP contribution in [0.15, 0.2) is 39.4 Å². The van der Waals surface area contributed by atoms with Crippen molar-refractivity contribution < 1.29 is 8.81 Å². The van der Waals surface area contributed by atoms with Gasteiger partial charge in [-0.05, 0) is 46.7 Å². The van der Waals surface area contributed by atoms with Crippen LogP contribution in [0.2, 0.25) is 5.22 Å². The topological polar surface area (TPSA) is 25.2 Å². The average molecular weight is 319 g/mol. The molecule has 0 radical (unpaired) electrons. The minimum atomic E-state index is -0.334. The summed E-state index contributed by atoms with van der Waals surface area (Å²) >= 11 is 9.08. The molecular weight excluding hydrogens is 308 g/mol. The standard InChI is InChI=1S/C12H10BrClFNO/c1-16-11(8-5-6-17-12(8)14)7-3-2-4-9(13)10(7)15/h2-6,11,16H,1H3. The van der Waals surface area contributed by atoms with Gasteiger partial charge in [-0.15, -0.1) is 0 Å². The first-order valence-corrected chi connectivity index (χ1v) is 6.16. The maximum Gasteiger partial charge on any atom is 0.198 e.